The van der Waals surface area contributed by atoms with Crippen LogP contribution in [0.2, 0.25) is 0 Å². The van der Waals surface area contributed by atoms with Crippen molar-refractivity contribution in [2.75, 3.05) is 27.1 Å². The zero-order valence-corrected chi connectivity index (χ0v) is 13.7. The highest BCUT2D eigenvalue weighted by Crippen LogP contribution is 2.42. The quantitative estimate of drug-likeness (QED) is 0.574. The molecule has 0 fully saturated rings. The van der Waals surface area contributed by atoms with Gasteiger partial charge in [-0.2, -0.15) is 0 Å². The lowest BCUT2D eigenvalue weighted by Crippen LogP contribution is -1.95. The fourth-order valence-electron chi connectivity index (χ4n) is 1.72. The van der Waals surface area contributed by atoms with E-state index in [0.717, 1.165) is 20.7 Å². The summed E-state index contributed by atoms with van der Waals surface area (Å²) in [6.07, 6.45) is 1.84. The van der Waals surface area contributed by atoms with Gasteiger partial charge in [0.25, 0.3) is 0 Å². The van der Waals surface area contributed by atoms with E-state index < -0.39 is 0 Å². The summed E-state index contributed by atoms with van der Waals surface area (Å²) in [7, 11) is 4.76. The van der Waals surface area contributed by atoms with Gasteiger partial charge < -0.3 is 14.2 Å². The number of hydrogen-bond donors (Lipinski definition) is 0. The second-order valence-corrected chi connectivity index (χ2v) is 6.13. The Bertz CT molecular complexity index is 603. The molecule has 112 valence electrons. The molecule has 0 saturated heterocycles. The molecule has 5 nitrogen and oxygen atoms in total. The molecule has 0 amide bonds. The van der Waals surface area contributed by atoms with Gasteiger partial charge in [-0.25, -0.2) is 0 Å². The first-order valence-corrected chi connectivity index (χ1v) is 7.91. The van der Waals surface area contributed by atoms with Crippen molar-refractivity contribution in [2.24, 2.45) is 0 Å². The molecule has 0 atom stereocenters. The first-order valence-electron chi connectivity index (χ1n) is 6.11. The highest BCUT2D eigenvalue weighted by molar-refractivity contribution is 8.01. The van der Waals surface area contributed by atoms with Crippen LogP contribution in [0, 0.1) is 0 Å². The van der Waals surface area contributed by atoms with Crippen LogP contribution in [0.25, 0.3) is 10.6 Å². The largest absolute Gasteiger partial charge is 0.493 e. The zero-order chi connectivity index (χ0) is 15.2. The van der Waals surface area contributed by atoms with E-state index in [2.05, 4.69) is 16.8 Å². The maximum Gasteiger partial charge on any atom is 0.203 e. The molecule has 0 saturated carbocycles. The van der Waals surface area contributed by atoms with Gasteiger partial charge in [-0.1, -0.05) is 29.2 Å². The lowest BCUT2D eigenvalue weighted by atomic mass is 10.2. The lowest BCUT2D eigenvalue weighted by molar-refractivity contribution is 0.324. The summed E-state index contributed by atoms with van der Waals surface area (Å²) in [5.74, 6) is 2.57. The molecule has 0 N–H and O–H groups in total. The average molecular weight is 324 g/mol. The number of hydrogen-bond acceptors (Lipinski definition) is 7. The van der Waals surface area contributed by atoms with Crippen LogP contribution in [0.5, 0.6) is 17.2 Å². The van der Waals surface area contributed by atoms with Crippen molar-refractivity contribution >= 4 is 23.1 Å². The Kier molecular flexibility index (Phi) is 5.46. The van der Waals surface area contributed by atoms with Crippen LogP contribution >= 0.6 is 23.1 Å². The first kappa shape index (κ1) is 15.7. The Morgan fingerprint density at radius 3 is 2.33 bits per heavy atom. The van der Waals surface area contributed by atoms with Gasteiger partial charge in [0.2, 0.25) is 5.75 Å². The Morgan fingerprint density at radius 2 is 1.81 bits per heavy atom. The normalized spacial score (nSPS) is 10.2. The molecule has 0 radical (unpaired) electrons. The van der Waals surface area contributed by atoms with Gasteiger partial charge in [0.05, 0.1) is 21.3 Å². The van der Waals surface area contributed by atoms with Gasteiger partial charge in [0.1, 0.15) is 5.01 Å². The summed E-state index contributed by atoms with van der Waals surface area (Å²) in [6, 6.07) is 3.73. The van der Waals surface area contributed by atoms with Crippen molar-refractivity contribution in [3.8, 4) is 27.8 Å². The zero-order valence-electron chi connectivity index (χ0n) is 12.1. The van der Waals surface area contributed by atoms with E-state index in [1.165, 1.54) is 11.3 Å². The summed E-state index contributed by atoms with van der Waals surface area (Å²) >= 11 is 3.12. The van der Waals surface area contributed by atoms with Gasteiger partial charge in [-0.15, -0.1) is 16.8 Å². The van der Waals surface area contributed by atoms with Crippen molar-refractivity contribution in [3.05, 3.63) is 24.8 Å². The number of nitrogens with zero attached hydrogens (tertiary/aromatic N) is 2. The molecule has 1 heterocycles. The molecule has 0 aliphatic carbocycles. The topological polar surface area (TPSA) is 53.5 Å². The predicted octanol–water partition coefficient (Wildman–Crippen LogP) is 3.51. The van der Waals surface area contributed by atoms with Crippen molar-refractivity contribution in [1.29, 1.82) is 0 Å². The molecule has 2 aromatic rings. The number of methoxy groups -OCH3 is 3. The fraction of sp³-hybridized carbons (Fsp3) is 0.286. The van der Waals surface area contributed by atoms with Gasteiger partial charge in [-0.05, 0) is 12.1 Å². The van der Waals surface area contributed by atoms with Crippen molar-refractivity contribution in [3.63, 3.8) is 0 Å². The lowest BCUT2D eigenvalue weighted by Gasteiger charge is -2.12. The van der Waals surface area contributed by atoms with Gasteiger partial charge in [0, 0.05) is 11.3 Å². The molecule has 7 heteroatoms. The van der Waals surface area contributed by atoms with E-state index in [4.69, 9.17) is 14.2 Å². The number of aromatic nitrogens is 2. The number of ether oxygens (including phenoxy) is 3. The molecule has 0 unspecified atom stereocenters. The van der Waals surface area contributed by atoms with E-state index >= 15 is 0 Å². The van der Waals surface area contributed by atoms with E-state index in [9.17, 15) is 0 Å². The molecular formula is C14H16N2O3S2. The summed E-state index contributed by atoms with van der Waals surface area (Å²) in [5.41, 5.74) is 0.882. The number of benzene rings is 1. The Morgan fingerprint density at radius 1 is 1.14 bits per heavy atom. The molecular weight excluding hydrogens is 308 g/mol. The smallest absolute Gasteiger partial charge is 0.203 e. The minimum atomic E-state index is 0.564. The van der Waals surface area contributed by atoms with Gasteiger partial charge in [0.15, 0.2) is 15.8 Å². The Labute approximate surface area is 132 Å². The molecule has 1 aromatic carbocycles. The summed E-state index contributed by atoms with van der Waals surface area (Å²) < 4.78 is 16.9. The minimum Gasteiger partial charge on any atom is -0.493 e. The van der Waals surface area contributed by atoms with Crippen LogP contribution in [-0.4, -0.2) is 37.3 Å². The third-order valence-corrected chi connectivity index (χ3v) is 4.74. The minimum absolute atomic E-state index is 0.564. The van der Waals surface area contributed by atoms with E-state index in [0.29, 0.717) is 17.2 Å². The highest BCUT2D eigenvalue weighted by Gasteiger charge is 2.16. The number of rotatable bonds is 7. The van der Waals surface area contributed by atoms with Crippen LogP contribution in [0.1, 0.15) is 0 Å². The second-order valence-electron chi connectivity index (χ2n) is 3.89. The molecule has 0 aliphatic heterocycles. The van der Waals surface area contributed by atoms with E-state index in [-0.39, 0.29) is 0 Å². The maximum absolute atomic E-state index is 5.35. The molecule has 1 aromatic heterocycles. The highest BCUT2D eigenvalue weighted by atomic mass is 32.2. The van der Waals surface area contributed by atoms with Crippen LogP contribution < -0.4 is 14.2 Å². The Hall–Kier alpha value is -1.73. The maximum atomic E-state index is 5.35. The average Bonchev–Trinajstić information content (AvgIpc) is 3.00. The van der Waals surface area contributed by atoms with E-state index in [1.807, 2.05) is 18.2 Å². The van der Waals surface area contributed by atoms with Gasteiger partial charge >= 0.3 is 0 Å². The van der Waals surface area contributed by atoms with Crippen molar-refractivity contribution in [1.82, 2.24) is 10.2 Å². The van der Waals surface area contributed by atoms with Crippen molar-refractivity contribution in [2.45, 2.75) is 4.34 Å². The van der Waals surface area contributed by atoms with Gasteiger partial charge in [-0.3, -0.25) is 0 Å². The summed E-state index contributed by atoms with van der Waals surface area (Å²) in [5, 5.41) is 9.17. The monoisotopic (exact) mass is 324 g/mol. The van der Waals surface area contributed by atoms with Crippen molar-refractivity contribution < 1.29 is 14.2 Å². The van der Waals surface area contributed by atoms with Crippen LogP contribution in [0.4, 0.5) is 0 Å². The molecule has 0 bridgehead atoms. The fourth-order valence-corrected chi connectivity index (χ4v) is 3.32. The third-order valence-electron chi connectivity index (χ3n) is 2.64. The SMILES string of the molecule is C=CCSc1nnc(-c2cc(OC)c(OC)c(OC)c2)s1. The molecule has 2 rings (SSSR count). The molecule has 21 heavy (non-hydrogen) atoms. The second kappa shape index (κ2) is 7.33. The standard InChI is InChI=1S/C14H16N2O3S2/c1-5-6-20-14-16-15-13(21-14)9-7-10(17-2)12(19-4)11(8-9)18-3/h5,7-8H,1,6H2,2-4H3. The summed E-state index contributed by atoms with van der Waals surface area (Å²) in [4.78, 5) is 0. The molecule has 0 aliphatic rings. The van der Waals surface area contributed by atoms with Crippen LogP contribution in [0.15, 0.2) is 29.1 Å². The van der Waals surface area contributed by atoms with Crippen LogP contribution in [-0.2, 0) is 0 Å². The predicted molar refractivity (Wildman–Crippen MR) is 85.9 cm³/mol. The number of thioether (sulfide) groups is 1. The first-order chi connectivity index (χ1) is 10.2. The van der Waals surface area contributed by atoms with Crippen LogP contribution in [0.3, 0.4) is 0 Å². The van der Waals surface area contributed by atoms with E-state index in [1.54, 1.807) is 33.1 Å². The molecule has 0 spiro atoms. The third kappa shape index (κ3) is 3.48. The summed E-state index contributed by atoms with van der Waals surface area (Å²) in [6.45, 7) is 3.69. The Balaban J connectivity index is 2.39.